The van der Waals surface area contributed by atoms with Crippen LogP contribution in [0.5, 0.6) is 0 Å². The number of benzene rings is 2. The minimum atomic E-state index is -0.426. The van der Waals surface area contributed by atoms with Crippen LogP contribution in [0.25, 0.3) is 0 Å². The lowest BCUT2D eigenvalue weighted by Gasteiger charge is -2.35. The van der Waals surface area contributed by atoms with Gasteiger partial charge < -0.3 is 14.7 Å². The molecular weight excluding hydrogens is 333 g/mol. The molecule has 0 spiro atoms. The van der Waals surface area contributed by atoms with Crippen molar-refractivity contribution < 1.29 is 14.0 Å². The Morgan fingerprint density at radius 1 is 0.846 bits per heavy atom. The zero-order valence-electron chi connectivity index (χ0n) is 15.0. The molecule has 1 aliphatic heterocycles. The largest absolute Gasteiger partial charge is 0.378 e. The normalized spacial score (nSPS) is 14.3. The Morgan fingerprint density at radius 3 is 1.85 bits per heavy atom. The maximum Gasteiger partial charge on any atom is 0.254 e. The summed E-state index contributed by atoms with van der Waals surface area (Å²) in [4.78, 5) is 30.6. The molecule has 0 bridgehead atoms. The van der Waals surface area contributed by atoms with Gasteiger partial charge in [0.15, 0.2) is 0 Å². The molecule has 5 nitrogen and oxygen atoms in total. The maximum atomic E-state index is 13.3. The van der Waals surface area contributed by atoms with Crippen molar-refractivity contribution in [3.63, 3.8) is 0 Å². The van der Waals surface area contributed by atoms with Gasteiger partial charge >= 0.3 is 0 Å². The first-order chi connectivity index (χ1) is 12.5. The fourth-order valence-electron chi connectivity index (χ4n) is 3.02. The lowest BCUT2D eigenvalue weighted by atomic mass is 10.1. The van der Waals surface area contributed by atoms with Crippen molar-refractivity contribution in [1.82, 2.24) is 9.80 Å². The van der Waals surface area contributed by atoms with E-state index in [0.29, 0.717) is 37.3 Å². The molecular formula is C20H22FN3O2. The molecule has 2 aromatic carbocycles. The van der Waals surface area contributed by atoms with E-state index in [1.54, 1.807) is 21.9 Å². The minimum Gasteiger partial charge on any atom is -0.378 e. The molecule has 6 heteroatoms. The van der Waals surface area contributed by atoms with Crippen LogP contribution in [0.4, 0.5) is 10.1 Å². The quantitative estimate of drug-likeness (QED) is 0.850. The van der Waals surface area contributed by atoms with Gasteiger partial charge in [0, 0.05) is 57.1 Å². The van der Waals surface area contributed by atoms with Crippen LogP contribution < -0.4 is 4.90 Å². The van der Waals surface area contributed by atoms with Gasteiger partial charge in [-0.25, -0.2) is 4.39 Å². The molecule has 0 atom stereocenters. The van der Waals surface area contributed by atoms with Crippen molar-refractivity contribution >= 4 is 17.5 Å². The number of hydrogen-bond acceptors (Lipinski definition) is 3. The zero-order valence-corrected chi connectivity index (χ0v) is 15.0. The third-order valence-electron chi connectivity index (χ3n) is 4.54. The zero-order chi connectivity index (χ0) is 18.7. The van der Waals surface area contributed by atoms with E-state index < -0.39 is 5.82 Å². The number of carbonyl (C=O) groups is 2. The first kappa shape index (κ1) is 17.9. The molecule has 1 aliphatic rings. The van der Waals surface area contributed by atoms with Gasteiger partial charge in [-0.05, 0) is 36.4 Å². The summed E-state index contributed by atoms with van der Waals surface area (Å²) in [6.45, 7) is 1.81. The van der Waals surface area contributed by atoms with Crippen LogP contribution in [0.15, 0.2) is 48.5 Å². The van der Waals surface area contributed by atoms with Gasteiger partial charge in [0.05, 0.1) is 0 Å². The van der Waals surface area contributed by atoms with Crippen LogP contribution in [0.1, 0.15) is 20.7 Å². The summed E-state index contributed by atoms with van der Waals surface area (Å²) < 4.78 is 13.3. The highest BCUT2D eigenvalue weighted by atomic mass is 19.1. The van der Waals surface area contributed by atoms with Gasteiger partial charge in [-0.15, -0.1) is 0 Å². The Bertz CT molecular complexity index is 814. The molecule has 0 aromatic heterocycles. The number of rotatable bonds is 3. The van der Waals surface area contributed by atoms with Crippen LogP contribution in [-0.4, -0.2) is 61.9 Å². The predicted octanol–water partition coefficient (Wildman–Crippen LogP) is 2.49. The lowest BCUT2D eigenvalue weighted by Crippen LogP contribution is -2.50. The lowest BCUT2D eigenvalue weighted by molar-refractivity contribution is 0.0535. The van der Waals surface area contributed by atoms with E-state index in [9.17, 15) is 14.0 Å². The second-order valence-corrected chi connectivity index (χ2v) is 6.54. The van der Waals surface area contributed by atoms with Gasteiger partial charge in [-0.2, -0.15) is 0 Å². The third kappa shape index (κ3) is 3.85. The van der Waals surface area contributed by atoms with E-state index in [1.807, 2.05) is 37.2 Å². The molecule has 0 aliphatic carbocycles. The van der Waals surface area contributed by atoms with Crippen LogP contribution in [-0.2, 0) is 0 Å². The molecule has 0 radical (unpaired) electrons. The highest BCUT2D eigenvalue weighted by molar-refractivity contribution is 5.96. The SMILES string of the molecule is CN(C)c1cccc(C(=O)N2CCN(C(=O)c3cccc(F)c3)CC2)c1. The summed E-state index contributed by atoms with van der Waals surface area (Å²) in [5.74, 6) is -0.664. The molecule has 0 N–H and O–H groups in total. The molecule has 2 amide bonds. The molecule has 1 heterocycles. The van der Waals surface area contributed by atoms with E-state index in [0.717, 1.165) is 5.69 Å². The minimum absolute atomic E-state index is 0.0356. The summed E-state index contributed by atoms with van der Waals surface area (Å²) >= 11 is 0. The van der Waals surface area contributed by atoms with Gasteiger partial charge in [-0.3, -0.25) is 9.59 Å². The Hall–Kier alpha value is -2.89. The first-order valence-electron chi connectivity index (χ1n) is 8.57. The topological polar surface area (TPSA) is 43.9 Å². The van der Waals surface area contributed by atoms with E-state index in [2.05, 4.69) is 0 Å². The van der Waals surface area contributed by atoms with Crippen molar-refractivity contribution in [3.05, 3.63) is 65.5 Å². The molecule has 0 unspecified atom stereocenters. The Morgan fingerprint density at radius 2 is 1.35 bits per heavy atom. The smallest absolute Gasteiger partial charge is 0.254 e. The van der Waals surface area contributed by atoms with E-state index in [-0.39, 0.29) is 11.8 Å². The predicted molar refractivity (Wildman–Crippen MR) is 99.0 cm³/mol. The van der Waals surface area contributed by atoms with E-state index in [4.69, 9.17) is 0 Å². The standard InChI is InChI=1S/C20H22FN3O2/c1-22(2)18-8-4-6-16(14-18)20(26)24-11-9-23(10-12-24)19(25)15-5-3-7-17(21)13-15/h3-8,13-14H,9-12H2,1-2H3. The van der Waals surface area contributed by atoms with Crippen molar-refractivity contribution in [3.8, 4) is 0 Å². The third-order valence-corrected chi connectivity index (χ3v) is 4.54. The van der Waals surface area contributed by atoms with E-state index >= 15 is 0 Å². The Balaban J connectivity index is 1.64. The number of nitrogens with zero attached hydrogens (tertiary/aromatic N) is 3. The number of halogens is 1. The second-order valence-electron chi connectivity index (χ2n) is 6.54. The summed E-state index contributed by atoms with van der Waals surface area (Å²) in [6.07, 6.45) is 0. The monoisotopic (exact) mass is 355 g/mol. The second kappa shape index (κ2) is 7.56. The van der Waals surface area contributed by atoms with Crippen LogP contribution in [0.3, 0.4) is 0 Å². The molecule has 3 rings (SSSR count). The molecule has 0 saturated carbocycles. The maximum absolute atomic E-state index is 13.3. The molecule has 26 heavy (non-hydrogen) atoms. The number of piperazine rings is 1. The molecule has 2 aromatic rings. The summed E-state index contributed by atoms with van der Waals surface area (Å²) in [5.41, 5.74) is 1.94. The number of anilines is 1. The highest BCUT2D eigenvalue weighted by Crippen LogP contribution is 2.17. The van der Waals surface area contributed by atoms with E-state index in [1.165, 1.54) is 18.2 Å². The van der Waals surface area contributed by atoms with Crippen LogP contribution in [0, 0.1) is 5.82 Å². The fraction of sp³-hybridized carbons (Fsp3) is 0.300. The van der Waals surface area contributed by atoms with Crippen molar-refractivity contribution in [2.24, 2.45) is 0 Å². The van der Waals surface area contributed by atoms with Crippen LogP contribution in [0.2, 0.25) is 0 Å². The van der Waals surface area contributed by atoms with Crippen molar-refractivity contribution in [2.75, 3.05) is 45.2 Å². The average molecular weight is 355 g/mol. The number of amides is 2. The number of hydrogen-bond donors (Lipinski definition) is 0. The Kier molecular flexibility index (Phi) is 5.21. The Labute approximate surface area is 152 Å². The van der Waals surface area contributed by atoms with Gasteiger partial charge in [0.2, 0.25) is 0 Å². The van der Waals surface area contributed by atoms with Crippen LogP contribution >= 0.6 is 0 Å². The summed E-state index contributed by atoms with van der Waals surface area (Å²) in [5, 5.41) is 0. The van der Waals surface area contributed by atoms with Gasteiger partial charge in [0.25, 0.3) is 11.8 Å². The summed E-state index contributed by atoms with van der Waals surface area (Å²) in [6, 6.07) is 13.2. The van der Waals surface area contributed by atoms with Gasteiger partial charge in [0.1, 0.15) is 5.82 Å². The van der Waals surface area contributed by atoms with Gasteiger partial charge in [-0.1, -0.05) is 12.1 Å². The molecule has 1 saturated heterocycles. The molecule has 136 valence electrons. The average Bonchev–Trinajstić information content (AvgIpc) is 2.67. The van der Waals surface area contributed by atoms with Crippen molar-refractivity contribution in [2.45, 2.75) is 0 Å². The van der Waals surface area contributed by atoms with Crippen molar-refractivity contribution in [1.29, 1.82) is 0 Å². The summed E-state index contributed by atoms with van der Waals surface area (Å²) in [7, 11) is 3.86. The molecule has 1 fully saturated rings. The number of carbonyl (C=O) groups excluding carboxylic acids is 2. The highest BCUT2D eigenvalue weighted by Gasteiger charge is 2.25. The fourth-order valence-corrected chi connectivity index (χ4v) is 3.02. The first-order valence-corrected chi connectivity index (χ1v) is 8.57.